The van der Waals surface area contributed by atoms with E-state index < -0.39 is 29.3 Å². The third kappa shape index (κ3) is 5.17. The highest BCUT2D eigenvalue weighted by atomic mass is 35.5. The van der Waals surface area contributed by atoms with Crippen molar-refractivity contribution >= 4 is 17.5 Å². The monoisotopic (exact) mass is 481 g/mol. The highest BCUT2D eigenvalue weighted by Gasteiger charge is 2.42. The molecule has 3 aromatic rings. The first-order valence-corrected chi connectivity index (χ1v) is 10.7. The molecule has 2 aromatic carbocycles. The molecule has 1 aliphatic rings. The molecule has 4 rings (SSSR count). The first-order valence-electron chi connectivity index (χ1n) is 10.3. The van der Waals surface area contributed by atoms with Gasteiger partial charge in [-0.25, -0.2) is 9.07 Å². The zero-order valence-electron chi connectivity index (χ0n) is 17.3. The van der Waals surface area contributed by atoms with Gasteiger partial charge in [-0.3, -0.25) is 9.69 Å². The molecule has 0 radical (unpaired) electrons. The minimum Gasteiger partial charge on any atom is -0.349 e. The summed E-state index contributed by atoms with van der Waals surface area (Å²) in [5.41, 5.74) is -1.38. The van der Waals surface area contributed by atoms with Gasteiger partial charge in [0.25, 0.3) is 5.91 Å². The topological polar surface area (TPSA) is 63.1 Å². The largest absolute Gasteiger partial charge is 0.435 e. The first kappa shape index (κ1) is 23.2. The van der Waals surface area contributed by atoms with Crippen molar-refractivity contribution in [2.45, 2.75) is 25.1 Å². The maximum absolute atomic E-state index is 13.8. The van der Waals surface area contributed by atoms with Crippen LogP contribution in [0.3, 0.4) is 0 Å². The van der Waals surface area contributed by atoms with Gasteiger partial charge in [-0.1, -0.05) is 28.9 Å². The predicted octanol–water partition coefficient (Wildman–Crippen LogP) is 4.65. The molecule has 2 heterocycles. The highest BCUT2D eigenvalue weighted by molar-refractivity contribution is 6.30. The van der Waals surface area contributed by atoms with E-state index in [0.29, 0.717) is 9.70 Å². The number of carbonyl (C=O) groups excluding carboxylic acids is 1. The van der Waals surface area contributed by atoms with Gasteiger partial charge < -0.3 is 5.32 Å². The zero-order chi connectivity index (χ0) is 23.6. The van der Waals surface area contributed by atoms with Crippen molar-refractivity contribution in [3.05, 3.63) is 76.3 Å². The van der Waals surface area contributed by atoms with Crippen LogP contribution in [0, 0.1) is 5.82 Å². The van der Waals surface area contributed by atoms with E-state index in [-0.39, 0.29) is 18.3 Å². The molecule has 0 aliphatic carbocycles. The molecule has 0 spiro atoms. The second-order valence-corrected chi connectivity index (χ2v) is 8.13. The fraction of sp³-hybridized carbons (Fsp3) is 0.318. The summed E-state index contributed by atoms with van der Waals surface area (Å²) >= 11 is 6.12. The van der Waals surface area contributed by atoms with Crippen molar-refractivity contribution < 1.29 is 22.4 Å². The lowest BCUT2D eigenvalue weighted by atomic mass is 10.1. The van der Waals surface area contributed by atoms with Crippen molar-refractivity contribution in [2.75, 3.05) is 19.6 Å². The van der Waals surface area contributed by atoms with Gasteiger partial charge in [0.1, 0.15) is 5.82 Å². The highest BCUT2D eigenvalue weighted by Crippen LogP contribution is 2.33. The van der Waals surface area contributed by atoms with Crippen LogP contribution in [0.2, 0.25) is 5.02 Å². The SMILES string of the molecule is O=C(NCC(c1cccc(Cl)c1)N1CCCC1)c1nnn(-c2ccc(F)cc2)c1C(F)(F)F. The Balaban J connectivity index is 1.60. The number of carbonyl (C=O) groups is 1. The molecule has 33 heavy (non-hydrogen) atoms. The van der Waals surface area contributed by atoms with Crippen LogP contribution in [0.25, 0.3) is 5.69 Å². The molecule has 1 amide bonds. The summed E-state index contributed by atoms with van der Waals surface area (Å²) in [6.07, 6.45) is -2.92. The minimum atomic E-state index is -4.91. The summed E-state index contributed by atoms with van der Waals surface area (Å²) in [5.74, 6) is -1.61. The molecule has 1 N–H and O–H groups in total. The lowest BCUT2D eigenvalue weighted by molar-refractivity contribution is -0.143. The van der Waals surface area contributed by atoms with Gasteiger partial charge in [-0.05, 0) is 67.9 Å². The van der Waals surface area contributed by atoms with Gasteiger partial charge in [0.15, 0.2) is 11.4 Å². The number of benzene rings is 2. The number of amides is 1. The van der Waals surface area contributed by atoms with Gasteiger partial charge in [-0.2, -0.15) is 13.2 Å². The Bertz CT molecular complexity index is 1130. The number of nitrogens with zero attached hydrogens (tertiary/aromatic N) is 4. The van der Waals surface area contributed by atoms with Crippen LogP contribution < -0.4 is 5.32 Å². The fourth-order valence-electron chi connectivity index (χ4n) is 3.95. The van der Waals surface area contributed by atoms with Gasteiger partial charge in [-0.15, -0.1) is 5.10 Å². The number of alkyl halides is 3. The zero-order valence-corrected chi connectivity index (χ0v) is 18.1. The molecule has 1 fully saturated rings. The Morgan fingerprint density at radius 3 is 2.45 bits per heavy atom. The summed E-state index contributed by atoms with van der Waals surface area (Å²) in [7, 11) is 0. The molecule has 174 valence electrons. The Morgan fingerprint density at radius 1 is 1.12 bits per heavy atom. The molecule has 1 unspecified atom stereocenters. The summed E-state index contributed by atoms with van der Waals surface area (Å²) < 4.78 is 55.2. The van der Waals surface area contributed by atoms with E-state index in [0.717, 1.165) is 55.8 Å². The van der Waals surface area contributed by atoms with Gasteiger partial charge >= 0.3 is 6.18 Å². The van der Waals surface area contributed by atoms with Gasteiger partial charge in [0.05, 0.1) is 11.7 Å². The van der Waals surface area contributed by atoms with E-state index in [1.165, 1.54) is 0 Å². The van der Waals surface area contributed by atoms with Crippen LogP contribution >= 0.6 is 11.6 Å². The number of nitrogens with one attached hydrogen (secondary N) is 1. The average Bonchev–Trinajstić information content (AvgIpc) is 3.45. The molecular weight excluding hydrogens is 462 g/mol. The number of likely N-dealkylation sites (tertiary alicyclic amines) is 1. The van der Waals surface area contributed by atoms with E-state index in [2.05, 4.69) is 20.5 Å². The molecule has 0 saturated carbocycles. The Morgan fingerprint density at radius 2 is 1.82 bits per heavy atom. The van der Waals surface area contributed by atoms with E-state index >= 15 is 0 Å². The van der Waals surface area contributed by atoms with Crippen LogP contribution in [0.5, 0.6) is 0 Å². The summed E-state index contributed by atoms with van der Waals surface area (Å²) in [5, 5.41) is 10.1. The summed E-state index contributed by atoms with van der Waals surface area (Å²) in [4.78, 5) is 15.0. The Labute approximate surface area is 192 Å². The molecule has 1 aromatic heterocycles. The normalized spacial score (nSPS) is 15.5. The van der Waals surface area contributed by atoms with Gasteiger partial charge in [0, 0.05) is 11.6 Å². The maximum Gasteiger partial charge on any atom is 0.435 e. The van der Waals surface area contributed by atoms with Crippen LogP contribution in [0.1, 0.15) is 40.6 Å². The Kier molecular flexibility index (Phi) is 6.66. The molecule has 1 aliphatic heterocycles. The van der Waals surface area contributed by atoms with Crippen LogP contribution in [0.15, 0.2) is 48.5 Å². The van der Waals surface area contributed by atoms with E-state index in [9.17, 15) is 22.4 Å². The standard InChI is InChI=1S/C22H20ClF4N5O/c23-15-5-3-4-14(12-15)18(31-10-1-2-11-31)13-28-21(33)19-20(22(25,26)27)32(30-29-19)17-8-6-16(24)7-9-17/h3-9,12,18H,1-2,10-11,13H2,(H,28,33). The molecular formula is C22H20ClF4N5O. The quantitative estimate of drug-likeness (QED) is 0.521. The van der Waals surface area contributed by atoms with E-state index in [1.54, 1.807) is 18.2 Å². The van der Waals surface area contributed by atoms with E-state index in [4.69, 9.17) is 11.6 Å². The molecule has 1 saturated heterocycles. The molecule has 6 nitrogen and oxygen atoms in total. The van der Waals surface area contributed by atoms with Crippen LogP contribution in [-0.4, -0.2) is 45.4 Å². The number of hydrogen-bond acceptors (Lipinski definition) is 4. The predicted molar refractivity (Wildman–Crippen MR) is 114 cm³/mol. The van der Waals surface area contributed by atoms with Crippen molar-refractivity contribution in [1.29, 1.82) is 0 Å². The lowest BCUT2D eigenvalue weighted by Crippen LogP contribution is -2.37. The summed E-state index contributed by atoms with van der Waals surface area (Å²) in [6, 6.07) is 11.2. The number of aromatic nitrogens is 3. The fourth-order valence-corrected chi connectivity index (χ4v) is 4.15. The Hall–Kier alpha value is -2.98. The summed E-state index contributed by atoms with van der Waals surface area (Å²) in [6.45, 7) is 1.68. The maximum atomic E-state index is 13.8. The smallest absolute Gasteiger partial charge is 0.349 e. The van der Waals surface area contributed by atoms with Crippen LogP contribution in [-0.2, 0) is 6.18 Å². The molecule has 11 heteroatoms. The average molecular weight is 482 g/mol. The second kappa shape index (κ2) is 9.48. The van der Waals surface area contributed by atoms with Crippen molar-refractivity contribution in [3.8, 4) is 5.69 Å². The third-order valence-electron chi connectivity index (χ3n) is 5.50. The third-order valence-corrected chi connectivity index (χ3v) is 5.73. The number of rotatable bonds is 6. The van der Waals surface area contributed by atoms with Crippen molar-refractivity contribution in [3.63, 3.8) is 0 Å². The van der Waals surface area contributed by atoms with Gasteiger partial charge in [0.2, 0.25) is 0 Å². The first-order chi connectivity index (χ1) is 15.7. The lowest BCUT2D eigenvalue weighted by Gasteiger charge is -2.28. The van der Waals surface area contributed by atoms with Crippen LogP contribution in [0.4, 0.5) is 17.6 Å². The van der Waals surface area contributed by atoms with E-state index in [1.807, 2.05) is 6.07 Å². The number of hydrogen-bond donors (Lipinski definition) is 1. The van der Waals surface area contributed by atoms with Crippen molar-refractivity contribution in [2.24, 2.45) is 0 Å². The van der Waals surface area contributed by atoms with Crippen molar-refractivity contribution in [1.82, 2.24) is 25.2 Å². The second-order valence-electron chi connectivity index (χ2n) is 7.70. The number of halogens is 5. The molecule has 1 atom stereocenters. The minimum absolute atomic E-state index is 0.0656. The molecule has 0 bridgehead atoms.